The molecule has 0 saturated heterocycles. The maximum Gasteiger partial charge on any atom is 0.169 e. The lowest BCUT2D eigenvalue weighted by Gasteiger charge is -2.11. The molecule has 2 aromatic rings. The minimum atomic E-state index is 0.474. The van der Waals surface area contributed by atoms with Crippen molar-refractivity contribution in [1.82, 2.24) is 0 Å². The molecule has 2 aromatic carbocycles. The molecule has 4 heteroatoms. The molecule has 3 nitrogen and oxygen atoms in total. The van der Waals surface area contributed by atoms with E-state index in [1.165, 1.54) is 0 Å². The van der Waals surface area contributed by atoms with Gasteiger partial charge in [0.2, 0.25) is 0 Å². The van der Waals surface area contributed by atoms with E-state index in [0.717, 1.165) is 15.8 Å². The highest BCUT2D eigenvalue weighted by atomic mass is 79.9. The summed E-state index contributed by atoms with van der Waals surface area (Å²) < 4.78 is 12.0. The molecule has 0 atom stereocenters. The summed E-state index contributed by atoms with van der Waals surface area (Å²) >= 11 is 3.44. The average molecular weight is 308 g/mol. The van der Waals surface area contributed by atoms with Gasteiger partial charge in [0.25, 0.3) is 0 Å². The summed E-state index contributed by atoms with van der Waals surface area (Å²) in [6.45, 7) is 0.474. The number of methoxy groups -OCH3 is 1. The summed E-state index contributed by atoms with van der Waals surface area (Å²) in [5, 5.41) is 0. The van der Waals surface area contributed by atoms with Crippen LogP contribution in [0.3, 0.4) is 0 Å². The van der Waals surface area contributed by atoms with Crippen molar-refractivity contribution in [1.29, 1.82) is 0 Å². The van der Waals surface area contributed by atoms with Crippen LogP contribution >= 0.6 is 15.9 Å². The number of nitrogens with two attached hydrogens (primary N) is 1. The number of rotatable bonds is 4. The summed E-state index contributed by atoms with van der Waals surface area (Å²) in [6, 6.07) is 13.3. The first-order valence-electron chi connectivity index (χ1n) is 5.53. The Bertz CT molecular complexity index is 543. The van der Waals surface area contributed by atoms with Crippen molar-refractivity contribution < 1.29 is 9.47 Å². The Hall–Kier alpha value is -1.52. The Labute approximate surface area is 115 Å². The van der Waals surface area contributed by atoms with E-state index in [2.05, 4.69) is 15.9 Å². The van der Waals surface area contributed by atoms with Crippen molar-refractivity contribution in [2.45, 2.75) is 6.54 Å². The van der Waals surface area contributed by atoms with Gasteiger partial charge in [-0.05, 0) is 35.9 Å². The highest BCUT2D eigenvalue weighted by molar-refractivity contribution is 9.10. The highest BCUT2D eigenvalue weighted by Gasteiger charge is 2.05. The van der Waals surface area contributed by atoms with Crippen LogP contribution in [0.15, 0.2) is 46.9 Å². The second kappa shape index (κ2) is 5.89. The largest absolute Gasteiger partial charge is 0.493 e. The fraction of sp³-hybridized carbons (Fsp3) is 0.143. The van der Waals surface area contributed by atoms with Crippen LogP contribution in [0.1, 0.15) is 5.56 Å². The van der Waals surface area contributed by atoms with Gasteiger partial charge in [0.1, 0.15) is 5.75 Å². The van der Waals surface area contributed by atoms with Crippen LogP contribution in [-0.4, -0.2) is 7.11 Å². The van der Waals surface area contributed by atoms with Crippen molar-refractivity contribution in [2.24, 2.45) is 5.73 Å². The third-order valence-corrected chi connectivity index (χ3v) is 2.92. The highest BCUT2D eigenvalue weighted by Crippen LogP contribution is 2.32. The lowest BCUT2D eigenvalue weighted by Crippen LogP contribution is -1.97. The van der Waals surface area contributed by atoms with Crippen molar-refractivity contribution in [3.05, 3.63) is 52.5 Å². The van der Waals surface area contributed by atoms with E-state index >= 15 is 0 Å². The van der Waals surface area contributed by atoms with Crippen LogP contribution in [0.25, 0.3) is 0 Å². The molecule has 0 aliphatic rings. The molecule has 0 unspecified atom stereocenters. The molecule has 0 bridgehead atoms. The molecule has 0 spiro atoms. The van der Waals surface area contributed by atoms with Gasteiger partial charge in [0, 0.05) is 11.0 Å². The Balaban J connectivity index is 2.30. The molecule has 18 heavy (non-hydrogen) atoms. The zero-order valence-electron chi connectivity index (χ0n) is 10.0. The second-order valence-corrected chi connectivity index (χ2v) is 4.67. The zero-order valence-corrected chi connectivity index (χ0v) is 11.6. The molecule has 0 saturated carbocycles. The minimum absolute atomic E-state index is 0.474. The first kappa shape index (κ1) is 12.9. The lowest BCUT2D eigenvalue weighted by atomic mass is 10.2. The van der Waals surface area contributed by atoms with E-state index in [-0.39, 0.29) is 0 Å². The number of ether oxygens (including phenoxy) is 2. The van der Waals surface area contributed by atoms with E-state index in [1.807, 2.05) is 42.5 Å². The Morgan fingerprint density at radius 1 is 1.11 bits per heavy atom. The third kappa shape index (κ3) is 3.03. The summed E-state index contributed by atoms with van der Waals surface area (Å²) in [7, 11) is 1.62. The molecule has 0 aromatic heterocycles. The molecule has 0 heterocycles. The molecule has 2 rings (SSSR count). The zero-order chi connectivity index (χ0) is 13.0. The van der Waals surface area contributed by atoms with Crippen molar-refractivity contribution in [2.75, 3.05) is 7.11 Å². The normalized spacial score (nSPS) is 10.2. The maximum atomic E-state index is 5.81. The Kier molecular flexibility index (Phi) is 4.23. The van der Waals surface area contributed by atoms with Gasteiger partial charge in [-0.15, -0.1) is 0 Å². The summed E-state index contributed by atoms with van der Waals surface area (Å²) in [5.74, 6) is 2.11. The summed E-state index contributed by atoms with van der Waals surface area (Å²) in [4.78, 5) is 0. The van der Waals surface area contributed by atoms with Crippen LogP contribution in [0.2, 0.25) is 0 Å². The molecule has 94 valence electrons. The van der Waals surface area contributed by atoms with E-state index in [4.69, 9.17) is 15.2 Å². The van der Waals surface area contributed by atoms with E-state index in [0.29, 0.717) is 18.0 Å². The number of benzene rings is 2. The van der Waals surface area contributed by atoms with Crippen LogP contribution in [0, 0.1) is 0 Å². The molecule has 0 radical (unpaired) electrons. The molecule has 0 aliphatic heterocycles. The van der Waals surface area contributed by atoms with Gasteiger partial charge in [-0.3, -0.25) is 0 Å². The van der Waals surface area contributed by atoms with Gasteiger partial charge in [-0.1, -0.05) is 28.1 Å². The quantitative estimate of drug-likeness (QED) is 0.936. The van der Waals surface area contributed by atoms with Gasteiger partial charge in [-0.25, -0.2) is 0 Å². The Morgan fingerprint density at radius 3 is 2.50 bits per heavy atom. The SMILES string of the molecule is COc1ccccc1Oc1cc(Br)cc(CN)c1. The van der Waals surface area contributed by atoms with Gasteiger partial charge >= 0.3 is 0 Å². The first-order chi connectivity index (χ1) is 8.72. The molecule has 0 fully saturated rings. The topological polar surface area (TPSA) is 44.5 Å². The van der Waals surface area contributed by atoms with Crippen LogP contribution in [0.4, 0.5) is 0 Å². The monoisotopic (exact) mass is 307 g/mol. The standard InChI is InChI=1S/C14H14BrNO2/c1-17-13-4-2-3-5-14(13)18-12-7-10(9-16)6-11(15)8-12/h2-8H,9,16H2,1H3. The number of hydrogen-bond donors (Lipinski definition) is 1. The molecular weight excluding hydrogens is 294 g/mol. The molecule has 2 N–H and O–H groups in total. The minimum Gasteiger partial charge on any atom is -0.493 e. The number of hydrogen-bond acceptors (Lipinski definition) is 3. The predicted octanol–water partition coefficient (Wildman–Crippen LogP) is 3.71. The predicted molar refractivity (Wildman–Crippen MR) is 75.1 cm³/mol. The Morgan fingerprint density at radius 2 is 1.83 bits per heavy atom. The maximum absolute atomic E-state index is 5.81. The van der Waals surface area contributed by atoms with Gasteiger partial charge < -0.3 is 15.2 Å². The van der Waals surface area contributed by atoms with Gasteiger partial charge in [0.05, 0.1) is 7.11 Å². The lowest BCUT2D eigenvalue weighted by molar-refractivity contribution is 0.378. The van der Waals surface area contributed by atoms with Crippen molar-refractivity contribution >= 4 is 15.9 Å². The second-order valence-electron chi connectivity index (χ2n) is 3.75. The van der Waals surface area contributed by atoms with E-state index in [9.17, 15) is 0 Å². The van der Waals surface area contributed by atoms with Crippen LogP contribution < -0.4 is 15.2 Å². The van der Waals surface area contributed by atoms with Crippen molar-refractivity contribution in [3.63, 3.8) is 0 Å². The van der Waals surface area contributed by atoms with Crippen LogP contribution in [0.5, 0.6) is 17.2 Å². The fourth-order valence-corrected chi connectivity index (χ4v) is 2.15. The summed E-state index contributed by atoms with van der Waals surface area (Å²) in [5.41, 5.74) is 6.64. The van der Waals surface area contributed by atoms with Gasteiger partial charge in [0.15, 0.2) is 11.5 Å². The first-order valence-corrected chi connectivity index (χ1v) is 6.32. The average Bonchev–Trinajstić information content (AvgIpc) is 2.38. The van der Waals surface area contributed by atoms with Crippen LogP contribution in [-0.2, 0) is 6.54 Å². The molecule has 0 amide bonds. The number of para-hydroxylation sites is 2. The van der Waals surface area contributed by atoms with E-state index < -0.39 is 0 Å². The van der Waals surface area contributed by atoms with E-state index in [1.54, 1.807) is 7.11 Å². The van der Waals surface area contributed by atoms with Crippen molar-refractivity contribution in [3.8, 4) is 17.2 Å². The molecule has 0 aliphatic carbocycles. The van der Waals surface area contributed by atoms with Gasteiger partial charge in [-0.2, -0.15) is 0 Å². The third-order valence-electron chi connectivity index (χ3n) is 2.46. The fourth-order valence-electron chi connectivity index (χ4n) is 1.63. The smallest absolute Gasteiger partial charge is 0.169 e. The number of halogens is 1. The summed E-state index contributed by atoms with van der Waals surface area (Å²) in [6.07, 6.45) is 0. The molecular formula is C14H14BrNO2.